The Balaban J connectivity index is 0.947. The molecular weight excluding hydrogens is 1010 g/mol. The summed E-state index contributed by atoms with van der Waals surface area (Å²) in [6.45, 7) is 6.53. The minimum absolute atomic E-state index is 0.0488. The molecular formula is C55H53ClFN6O9S2+. The summed E-state index contributed by atoms with van der Waals surface area (Å²) in [6, 6.07) is 33.1. The second-order valence-electron chi connectivity index (χ2n) is 18.0. The smallest absolute Gasteiger partial charge is 0.347 e. The zero-order chi connectivity index (χ0) is 52.0. The molecule has 19 heteroatoms. The Bertz CT molecular complexity index is 3430. The van der Waals surface area contributed by atoms with Gasteiger partial charge in [-0.1, -0.05) is 78.3 Å². The van der Waals surface area contributed by atoms with Crippen LogP contribution in [0.1, 0.15) is 22.4 Å². The molecule has 1 N–H and O–H groups in total. The van der Waals surface area contributed by atoms with Crippen LogP contribution in [-0.4, -0.2) is 115 Å². The number of carbonyl (C=O) groups is 1. The number of methoxy groups -OCH3 is 2. The quantitative estimate of drug-likeness (QED) is 0.0461. The molecule has 0 radical (unpaired) electrons. The van der Waals surface area contributed by atoms with Gasteiger partial charge in [0.15, 0.2) is 5.82 Å². The number of halogens is 2. The van der Waals surface area contributed by atoms with Crippen molar-refractivity contribution in [2.24, 2.45) is 0 Å². The summed E-state index contributed by atoms with van der Waals surface area (Å²) in [6.07, 6.45) is 1.90. The van der Waals surface area contributed by atoms with Crippen LogP contribution in [0.3, 0.4) is 0 Å². The maximum atomic E-state index is 14.4. The zero-order valence-corrected chi connectivity index (χ0v) is 43.4. The van der Waals surface area contributed by atoms with E-state index in [2.05, 4.69) is 26.9 Å². The van der Waals surface area contributed by atoms with E-state index in [-0.39, 0.29) is 29.6 Å². The highest BCUT2D eigenvalue weighted by atomic mass is 35.5. The number of ether oxygens (including phenoxy) is 5. The number of benzene rings is 5. The van der Waals surface area contributed by atoms with Crippen molar-refractivity contribution >= 4 is 49.2 Å². The molecule has 74 heavy (non-hydrogen) atoms. The molecule has 0 unspecified atom stereocenters. The summed E-state index contributed by atoms with van der Waals surface area (Å²) < 4.78 is 79.0. The summed E-state index contributed by atoms with van der Waals surface area (Å²) in [5.41, 5.74) is 5.45. The van der Waals surface area contributed by atoms with E-state index in [1.807, 2.05) is 67.6 Å². The molecule has 1 aliphatic rings. The number of aromatic nitrogens is 4. The molecule has 5 aromatic carbocycles. The Morgan fingerprint density at radius 2 is 1.57 bits per heavy atom. The molecule has 0 spiro atoms. The summed E-state index contributed by atoms with van der Waals surface area (Å²) in [5, 5.41) is 0.920. The Labute approximate surface area is 437 Å². The maximum Gasteiger partial charge on any atom is 0.347 e. The van der Waals surface area contributed by atoms with Crippen LogP contribution in [0.15, 0.2) is 133 Å². The van der Waals surface area contributed by atoms with Crippen LogP contribution in [0.25, 0.3) is 43.2 Å². The van der Waals surface area contributed by atoms with Gasteiger partial charge in [0.05, 0.1) is 56.0 Å². The number of hydrogen-bond donors (Lipinski definition) is 1. The molecule has 3 aromatic heterocycles. The van der Waals surface area contributed by atoms with Crippen molar-refractivity contribution in [1.82, 2.24) is 24.8 Å². The van der Waals surface area contributed by atoms with Gasteiger partial charge in [0.25, 0.3) is 10.1 Å². The molecule has 0 bridgehead atoms. The second kappa shape index (κ2) is 22.6. The fourth-order valence-corrected chi connectivity index (χ4v) is 11.2. The highest BCUT2D eigenvalue weighted by Gasteiger charge is 2.32. The lowest BCUT2D eigenvalue weighted by molar-refractivity contribution is -0.926. The number of thiophene rings is 1. The van der Waals surface area contributed by atoms with E-state index < -0.39 is 22.2 Å². The van der Waals surface area contributed by atoms with Gasteiger partial charge in [-0.05, 0) is 77.7 Å². The normalized spacial score (nSPS) is 14.1. The lowest BCUT2D eigenvalue weighted by Crippen LogP contribution is -2.57. The molecule has 8 aromatic rings. The number of carbonyl (C=O) groups excluding carboxylic acids is 1. The SMILES string of the molecule is COC(=O)[C@@H](Cc1ccccc1OCc1ccnc(-c2ccccc2OC)n1)Oc1ncnc2sc(-c3ccc(F)cc3)c(-c3ccc(OCCN4CC[N+](C)(Cc5ccccc5S(=O)(=O)O)CC4)c(Cl)c3C)c12. The summed E-state index contributed by atoms with van der Waals surface area (Å²) in [4.78, 5) is 35.7. The number of quaternary nitrogens is 1. The Hall–Kier alpha value is -7.06. The first-order valence-corrected chi connectivity index (χ1v) is 26.3. The van der Waals surface area contributed by atoms with Gasteiger partial charge in [0.1, 0.15) is 58.9 Å². The number of para-hydroxylation sites is 2. The number of likely N-dealkylation sites (N-methyl/N-ethyl adjacent to an activating group) is 1. The van der Waals surface area contributed by atoms with E-state index in [9.17, 15) is 22.2 Å². The van der Waals surface area contributed by atoms with Gasteiger partial charge in [-0.15, -0.1) is 11.3 Å². The molecule has 1 fully saturated rings. The van der Waals surface area contributed by atoms with E-state index in [1.165, 1.54) is 43.0 Å². The Morgan fingerprint density at radius 3 is 2.31 bits per heavy atom. The van der Waals surface area contributed by atoms with Gasteiger partial charge < -0.3 is 28.2 Å². The van der Waals surface area contributed by atoms with E-state index in [4.69, 9.17) is 40.3 Å². The van der Waals surface area contributed by atoms with Crippen LogP contribution >= 0.6 is 22.9 Å². The lowest BCUT2D eigenvalue weighted by Gasteiger charge is -2.42. The number of esters is 1. The molecule has 0 aliphatic carbocycles. The molecule has 1 aliphatic heterocycles. The first kappa shape index (κ1) is 51.8. The minimum Gasteiger partial charge on any atom is -0.496 e. The number of fused-ring (bicyclic) bond motifs is 1. The van der Waals surface area contributed by atoms with Gasteiger partial charge >= 0.3 is 5.97 Å². The third-order valence-corrected chi connectivity index (χ3v) is 15.7. The third-order valence-electron chi connectivity index (χ3n) is 13.1. The van der Waals surface area contributed by atoms with Gasteiger partial charge in [-0.2, -0.15) is 8.42 Å². The van der Waals surface area contributed by atoms with Crippen LogP contribution in [0.4, 0.5) is 4.39 Å². The van der Waals surface area contributed by atoms with Crippen LogP contribution in [0, 0.1) is 12.7 Å². The summed E-state index contributed by atoms with van der Waals surface area (Å²) in [5.74, 6) is 1.23. The monoisotopic (exact) mass is 1060 g/mol. The van der Waals surface area contributed by atoms with Crippen LogP contribution in [0.2, 0.25) is 5.02 Å². The number of hydrogen-bond acceptors (Lipinski definition) is 14. The fourth-order valence-electron chi connectivity index (χ4n) is 9.09. The van der Waals surface area contributed by atoms with Crippen molar-refractivity contribution in [1.29, 1.82) is 0 Å². The molecule has 1 atom stereocenters. The lowest BCUT2D eigenvalue weighted by atomic mass is 9.96. The number of rotatable bonds is 19. The first-order valence-electron chi connectivity index (χ1n) is 23.7. The largest absolute Gasteiger partial charge is 0.496 e. The number of nitrogens with zero attached hydrogens (tertiary/aromatic N) is 6. The average Bonchev–Trinajstić information content (AvgIpc) is 3.80. The molecule has 4 heterocycles. The van der Waals surface area contributed by atoms with Crippen LogP contribution in [-0.2, 0) is 39.2 Å². The average molecular weight is 1060 g/mol. The maximum absolute atomic E-state index is 14.4. The van der Waals surface area contributed by atoms with Gasteiger partial charge in [0.2, 0.25) is 12.0 Å². The molecule has 0 saturated carbocycles. The number of piperazine rings is 1. The Morgan fingerprint density at radius 1 is 0.851 bits per heavy atom. The molecule has 15 nitrogen and oxygen atoms in total. The third kappa shape index (κ3) is 11.7. The minimum atomic E-state index is -4.34. The van der Waals surface area contributed by atoms with Crippen molar-refractivity contribution in [2.45, 2.75) is 37.5 Å². The topological polar surface area (TPSA) is 172 Å². The molecule has 0 amide bonds. The highest BCUT2D eigenvalue weighted by Crippen LogP contribution is 2.49. The summed E-state index contributed by atoms with van der Waals surface area (Å²) in [7, 11) is 0.644. The molecule has 9 rings (SSSR count). The van der Waals surface area contributed by atoms with E-state index in [1.54, 1.807) is 49.7 Å². The first-order chi connectivity index (χ1) is 35.7. The van der Waals surface area contributed by atoms with E-state index in [0.29, 0.717) is 90.4 Å². The van der Waals surface area contributed by atoms with E-state index in [0.717, 1.165) is 47.7 Å². The van der Waals surface area contributed by atoms with Crippen molar-refractivity contribution < 1.29 is 50.3 Å². The zero-order valence-electron chi connectivity index (χ0n) is 41.0. The van der Waals surface area contributed by atoms with Gasteiger partial charge in [0, 0.05) is 48.3 Å². The summed E-state index contributed by atoms with van der Waals surface area (Å²) >= 11 is 8.54. The van der Waals surface area contributed by atoms with E-state index >= 15 is 0 Å². The van der Waals surface area contributed by atoms with Crippen molar-refractivity contribution in [3.05, 3.63) is 161 Å². The highest BCUT2D eigenvalue weighted by molar-refractivity contribution is 7.85. The predicted octanol–water partition coefficient (Wildman–Crippen LogP) is 9.92. The second-order valence-corrected chi connectivity index (χ2v) is 20.8. The van der Waals surface area contributed by atoms with Gasteiger partial charge in [-0.3, -0.25) is 9.45 Å². The van der Waals surface area contributed by atoms with Gasteiger partial charge in [-0.25, -0.2) is 29.1 Å². The molecule has 382 valence electrons. The van der Waals surface area contributed by atoms with Crippen molar-refractivity contribution in [3.63, 3.8) is 0 Å². The molecule has 1 saturated heterocycles. The van der Waals surface area contributed by atoms with Crippen LogP contribution < -0.4 is 18.9 Å². The Kier molecular flexibility index (Phi) is 15.8. The van der Waals surface area contributed by atoms with Crippen molar-refractivity contribution in [2.75, 3.05) is 60.6 Å². The van der Waals surface area contributed by atoms with Crippen LogP contribution in [0.5, 0.6) is 23.1 Å². The van der Waals surface area contributed by atoms with Crippen molar-refractivity contribution in [3.8, 4) is 56.1 Å². The fraction of sp³-hybridized carbons (Fsp3) is 0.255. The predicted molar refractivity (Wildman–Crippen MR) is 281 cm³/mol. The standard InChI is InChI=1S/C55H52ClFN6O9S2/c1-35-41(21-22-45(50(35)56)70-30-27-62-25-28-63(2,29-26-62)32-38-12-6-10-16-47(38)74(65,66)67)48-49-53(59-34-60-54(49)73-51(48)36-17-19-39(57)20-18-36)72-46(55(64)69-4)31-37-11-5-8-14-43(37)71-33-40-23-24-58-52(61-40)42-13-7-9-15-44(42)68-3/h5-24,34,46H,25-33H2,1-4H3/p+1/t46-/m1/s1.